The number of hydrogen-bond donors (Lipinski definition) is 1. The van der Waals surface area contributed by atoms with E-state index in [1.165, 1.54) is 0 Å². The zero-order chi connectivity index (χ0) is 17.9. The maximum absolute atomic E-state index is 12.2. The van der Waals surface area contributed by atoms with Gasteiger partial charge in [0.15, 0.2) is 9.84 Å². The Bertz CT molecular complexity index is 1010. The highest BCUT2D eigenvalue weighted by atomic mass is 32.2. The van der Waals surface area contributed by atoms with E-state index in [0.29, 0.717) is 5.69 Å². The molecule has 0 aliphatic heterocycles. The van der Waals surface area contributed by atoms with E-state index < -0.39 is 9.84 Å². The Kier molecular flexibility index (Phi) is 4.81. The number of fused-ring (bicyclic) bond motifs is 1. The number of nitrogens with zero attached hydrogens (tertiary/aromatic N) is 1. The van der Waals surface area contributed by atoms with Crippen LogP contribution in [0.1, 0.15) is 12.5 Å². The molecule has 25 heavy (non-hydrogen) atoms. The van der Waals surface area contributed by atoms with Crippen molar-refractivity contribution in [2.24, 2.45) is 0 Å². The Balaban J connectivity index is 1.69. The first-order chi connectivity index (χ1) is 12.0. The third kappa shape index (κ3) is 4.03. The van der Waals surface area contributed by atoms with Crippen molar-refractivity contribution < 1.29 is 13.2 Å². The summed E-state index contributed by atoms with van der Waals surface area (Å²) >= 11 is 0. The van der Waals surface area contributed by atoms with Crippen molar-refractivity contribution in [1.82, 2.24) is 4.98 Å². The van der Waals surface area contributed by atoms with E-state index >= 15 is 0 Å². The van der Waals surface area contributed by atoms with E-state index in [-0.39, 0.29) is 23.0 Å². The second-order valence-corrected chi connectivity index (χ2v) is 7.96. The van der Waals surface area contributed by atoms with Crippen LogP contribution in [0, 0.1) is 0 Å². The average Bonchev–Trinajstić information content (AvgIpc) is 2.62. The number of hydrogen-bond acceptors (Lipinski definition) is 4. The minimum absolute atomic E-state index is 0.0592. The molecule has 1 aromatic heterocycles. The number of amides is 1. The largest absolute Gasteiger partial charge is 0.326 e. The quantitative estimate of drug-likeness (QED) is 0.763. The van der Waals surface area contributed by atoms with Crippen LogP contribution >= 0.6 is 0 Å². The Hall–Kier alpha value is -2.73. The molecule has 0 aliphatic carbocycles. The lowest BCUT2D eigenvalue weighted by molar-refractivity contribution is -0.115. The van der Waals surface area contributed by atoms with E-state index in [2.05, 4.69) is 10.3 Å². The fourth-order valence-corrected chi connectivity index (χ4v) is 3.41. The summed E-state index contributed by atoms with van der Waals surface area (Å²) in [6, 6.07) is 15.8. The standard InChI is InChI=1S/C19H18N2O3S/c1-2-25(23,24)17-8-5-14(6-9-17)12-19(22)21-16-7-10-18-15(13-16)4-3-11-20-18/h3-11,13H,2,12H2,1H3,(H,21,22). The van der Waals surface area contributed by atoms with Crippen molar-refractivity contribution in [3.05, 3.63) is 66.4 Å². The predicted molar refractivity (Wildman–Crippen MR) is 98.2 cm³/mol. The summed E-state index contributed by atoms with van der Waals surface area (Å²) < 4.78 is 23.6. The van der Waals surface area contributed by atoms with Crippen LogP contribution < -0.4 is 5.32 Å². The number of pyridine rings is 1. The van der Waals surface area contributed by atoms with Gasteiger partial charge in [0.25, 0.3) is 0 Å². The molecular weight excluding hydrogens is 336 g/mol. The van der Waals surface area contributed by atoms with E-state index in [4.69, 9.17) is 0 Å². The number of aromatic nitrogens is 1. The zero-order valence-corrected chi connectivity index (χ0v) is 14.6. The van der Waals surface area contributed by atoms with Gasteiger partial charge in [-0.15, -0.1) is 0 Å². The molecule has 0 radical (unpaired) electrons. The molecular formula is C19H18N2O3S. The lowest BCUT2D eigenvalue weighted by atomic mass is 10.1. The molecule has 0 bridgehead atoms. The number of nitrogens with one attached hydrogen (secondary N) is 1. The van der Waals surface area contributed by atoms with Crippen molar-refractivity contribution in [2.75, 3.05) is 11.1 Å². The van der Waals surface area contributed by atoms with Crippen molar-refractivity contribution in [1.29, 1.82) is 0 Å². The fourth-order valence-electron chi connectivity index (χ4n) is 2.53. The lowest BCUT2D eigenvalue weighted by Gasteiger charge is -2.07. The molecule has 3 rings (SSSR count). The number of carbonyl (C=O) groups is 1. The van der Waals surface area contributed by atoms with Crippen molar-refractivity contribution >= 4 is 32.3 Å². The summed E-state index contributed by atoms with van der Waals surface area (Å²) in [5.74, 6) is -0.0988. The van der Waals surface area contributed by atoms with Crippen LogP contribution in [0.4, 0.5) is 5.69 Å². The average molecular weight is 354 g/mol. The van der Waals surface area contributed by atoms with Crippen LogP contribution in [0.3, 0.4) is 0 Å². The van der Waals surface area contributed by atoms with E-state index in [0.717, 1.165) is 16.5 Å². The first kappa shape index (κ1) is 17.1. The summed E-state index contributed by atoms with van der Waals surface area (Å²) in [6.45, 7) is 1.61. The molecule has 0 spiro atoms. The third-order valence-electron chi connectivity index (χ3n) is 3.91. The van der Waals surface area contributed by atoms with Gasteiger partial charge >= 0.3 is 0 Å². The van der Waals surface area contributed by atoms with Gasteiger partial charge in [0.1, 0.15) is 0 Å². The highest BCUT2D eigenvalue weighted by Crippen LogP contribution is 2.18. The second kappa shape index (κ2) is 7.03. The zero-order valence-electron chi connectivity index (χ0n) is 13.8. The molecule has 0 fully saturated rings. The molecule has 0 unspecified atom stereocenters. The Morgan fingerprint density at radius 2 is 1.84 bits per heavy atom. The van der Waals surface area contributed by atoms with Gasteiger partial charge in [0.05, 0.1) is 22.6 Å². The topological polar surface area (TPSA) is 76.1 Å². The minimum atomic E-state index is -3.22. The number of carbonyl (C=O) groups excluding carboxylic acids is 1. The molecule has 6 heteroatoms. The maximum atomic E-state index is 12.2. The molecule has 128 valence electrons. The van der Waals surface area contributed by atoms with Crippen molar-refractivity contribution in [2.45, 2.75) is 18.2 Å². The second-order valence-electron chi connectivity index (χ2n) is 5.68. The normalized spacial score (nSPS) is 11.4. The number of rotatable bonds is 5. The highest BCUT2D eigenvalue weighted by Gasteiger charge is 2.11. The monoisotopic (exact) mass is 354 g/mol. The highest BCUT2D eigenvalue weighted by molar-refractivity contribution is 7.91. The molecule has 1 heterocycles. The smallest absolute Gasteiger partial charge is 0.228 e. The summed E-state index contributed by atoms with van der Waals surface area (Å²) in [7, 11) is -3.22. The van der Waals surface area contributed by atoms with Gasteiger partial charge in [-0.25, -0.2) is 8.42 Å². The van der Waals surface area contributed by atoms with Crippen LogP contribution in [0.5, 0.6) is 0 Å². The van der Waals surface area contributed by atoms with Crippen LogP contribution in [-0.2, 0) is 21.1 Å². The SMILES string of the molecule is CCS(=O)(=O)c1ccc(CC(=O)Nc2ccc3ncccc3c2)cc1. The van der Waals surface area contributed by atoms with Gasteiger partial charge in [-0.3, -0.25) is 9.78 Å². The van der Waals surface area contributed by atoms with Gasteiger partial charge in [0, 0.05) is 17.3 Å². The molecule has 0 saturated carbocycles. The molecule has 2 aromatic carbocycles. The maximum Gasteiger partial charge on any atom is 0.228 e. The molecule has 0 saturated heterocycles. The molecule has 0 aliphatic rings. The van der Waals surface area contributed by atoms with Gasteiger partial charge < -0.3 is 5.32 Å². The van der Waals surface area contributed by atoms with E-state index in [1.807, 2.05) is 30.3 Å². The molecule has 1 amide bonds. The van der Waals surface area contributed by atoms with Crippen LogP contribution in [0.25, 0.3) is 10.9 Å². The summed E-state index contributed by atoms with van der Waals surface area (Å²) in [5.41, 5.74) is 2.33. The molecule has 5 nitrogen and oxygen atoms in total. The van der Waals surface area contributed by atoms with Gasteiger partial charge in [0.2, 0.25) is 5.91 Å². The fraction of sp³-hybridized carbons (Fsp3) is 0.158. The summed E-state index contributed by atoms with van der Waals surface area (Å²) in [4.78, 5) is 16.7. The number of benzene rings is 2. The molecule has 3 aromatic rings. The van der Waals surface area contributed by atoms with Gasteiger partial charge in [-0.2, -0.15) is 0 Å². The van der Waals surface area contributed by atoms with Crippen molar-refractivity contribution in [3.63, 3.8) is 0 Å². The van der Waals surface area contributed by atoms with Gasteiger partial charge in [-0.1, -0.05) is 25.1 Å². The number of anilines is 1. The van der Waals surface area contributed by atoms with Crippen LogP contribution in [-0.4, -0.2) is 25.1 Å². The van der Waals surface area contributed by atoms with E-state index in [9.17, 15) is 13.2 Å². The first-order valence-electron chi connectivity index (χ1n) is 7.94. The lowest BCUT2D eigenvalue weighted by Crippen LogP contribution is -2.14. The third-order valence-corrected chi connectivity index (χ3v) is 5.66. The van der Waals surface area contributed by atoms with Crippen molar-refractivity contribution in [3.8, 4) is 0 Å². The minimum Gasteiger partial charge on any atom is -0.326 e. The summed E-state index contributed by atoms with van der Waals surface area (Å²) in [5, 5.41) is 3.81. The summed E-state index contributed by atoms with van der Waals surface area (Å²) in [6.07, 6.45) is 1.90. The number of sulfone groups is 1. The van der Waals surface area contributed by atoms with Gasteiger partial charge in [-0.05, 0) is 42.0 Å². The molecule has 0 atom stereocenters. The Morgan fingerprint density at radius 1 is 1.08 bits per heavy atom. The van der Waals surface area contributed by atoms with Crippen LogP contribution in [0.2, 0.25) is 0 Å². The predicted octanol–water partition coefficient (Wildman–Crippen LogP) is 3.21. The Labute approximate surface area is 146 Å². The first-order valence-corrected chi connectivity index (χ1v) is 9.59. The van der Waals surface area contributed by atoms with Crippen LogP contribution in [0.15, 0.2) is 65.7 Å². The Morgan fingerprint density at radius 3 is 2.56 bits per heavy atom. The van der Waals surface area contributed by atoms with E-state index in [1.54, 1.807) is 37.4 Å². The molecule has 1 N–H and O–H groups in total.